The van der Waals surface area contributed by atoms with E-state index in [1.165, 1.54) is 12.8 Å². The SMILES string of the molecule is CC(C)(C)OC(=O)Nc1ccc(Cl)c(CC2CCCNC2)c1. The Kier molecular flexibility index (Phi) is 5.70. The normalized spacial score (nSPS) is 18.8. The van der Waals surface area contributed by atoms with E-state index in [9.17, 15) is 4.79 Å². The molecule has 0 bridgehead atoms. The molecule has 22 heavy (non-hydrogen) atoms. The van der Waals surface area contributed by atoms with Crippen molar-refractivity contribution < 1.29 is 9.53 Å². The van der Waals surface area contributed by atoms with Crippen LogP contribution in [-0.4, -0.2) is 24.8 Å². The van der Waals surface area contributed by atoms with Gasteiger partial charge in [-0.15, -0.1) is 0 Å². The van der Waals surface area contributed by atoms with Crippen molar-refractivity contribution in [1.82, 2.24) is 5.32 Å². The van der Waals surface area contributed by atoms with E-state index in [1.54, 1.807) is 6.07 Å². The first-order valence-electron chi connectivity index (χ1n) is 7.82. The molecule has 0 radical (unpaired) electrons. The van der Waals surface area contributed by atoms with E-state index in [2.05, 4.69) is 10.6 Å². The molecule has 4 nitrogen and oxygen atoms in total. The summed E-state index contributed by atoms with van der Waals surface area (Å²) in [6, 6.07) is 5.58. The van der Waals surface area contributed by atoms with E-state index in [0.29, 0.717) is 5.92 Å². The first-order chi connectivity index (χ1) is 10.3. The largest absolute Gasteiger partial charge is 0.444 e. The fourth-order valence-electron chi connectivity index (χ4n) is 2.64. The van der Waals surface area contributed by atoms with Crippen molar-refractivity contribution in [3.8, 4) is 0 Å². The van der Waals surface area contributed by atoms with Gasteiger partial charge >= 0.3 is 6.09 Å². The molecule has 0 spiro atoms. The van der Waals surface area contributed by atoms with E-state index in [-0.39, 0.29) is 0 Å². The van der Waals surface area contributed by atoms with Gasteiger partial charge in [0, 0.05) is 10.7 Å². The minimum absolute atomic E-state index is 0.444. The summed E-state index contributed by atoms with van der Waals surface area (Å²) in [6.07, 6.45) is 2.90. The number of nitrogens with one attached hydrogen (secondary N) is 2. The van der Waals surface area contributed by atoms with Crippen LogP contribution in [0.2, 0.25) is 5.02 Å². The van der Waals surface area contributed by atoms with Crippen LogP contribution < -0.4 is 10.6 Å². The highest BCUT2D eigenvalue weighted by molar-refractivity contribution is 6.31. The number of amides is 1. The Hall–Kier alpha value is -1.26. The Morgan fingerprint density at radius 1 is 1.45 bits per heavy atom. The van der Waals surface area contributed by atoms with Gasteiger partial charge in [-0.3, -0.25) is 5.32 Å². The van der Waals surface area contributed by atoms with Crippen LogP contribution in [-0.2, 0) is 11.2 Å². The lowest BCUT2D eigenvalue weighted by Gasteiger charge is -2.23. The zero-order valence-electron chi connectivity index (χ0n) is 13.5. The molecule has 1 aliphatic rings. The molecule has 2 rings (SSSR count). The molecule has 1 fully saturated rings. The quantitative estimate of drug-likeness (QED) is 0.874. The fourth-order valence-corrected chi connectivity index (χ4v) is 2.83. The molecule has 1 aromatic rings. The molecule has 1 unspecified atom stereocenters. The molecule has 0 saturated carbocycles. The minimum atomic E-state index is -0.507. The van der Waals surface area contributed by atoms with Gasteiger partial charge in [-0.25, -0.2) is 4.79 Å². The molecule has 1 atom stereocenters. The van der Waals surface area contributed by atoms with Crippen molar-refractivity contribution in [2.24, 2.45) is 5.92 Å². The summed E-state index contributed by atoms with van der Waals surface area (Å²) >= 11 is 6.29. The Balaban J connectivity index is 2.01. The van der Waals surface area contributed by atoms with Gasteiger partial charge in [0.1, 0.15) is 5.60 Å². The molecule has 1 saturated heterocycles. The molecule has 2 N–H and O–H groups in total. The Labute approximate surface area is 137 Å². The third kappa shape index (κ3) is 5.50. The van der Waals surface area contributed by atoms with Crippen LogP contribution in [0.4, 0.5) is 10.5 Å². The van der Waals surface area contributed by atoms with E-state index in [0.717, 1.165) is 35.8 Å². The van der Waals surface area contributed by atoms with Crippen LogP contribution in [0.25, 0.3) is 0 Å². The molecule has 122 valence electrons. The lowest BCUT2D eigenvalue weighted by molar-refractivity contribution is 0.0636. The maximum absolute atomic E-state index is 11.8. The second kappa shape index (κ2) is 7.34. The number of carbonyl (C=O) groups is 1. The van der Waals surface area contributed by atoms with Crippen molar-refractivity contribution in [3.63, 3.8) is 0 Å². The highest BCUT2D eigenvalue weighted by atomic mass is 35.5. The average Bonchev–Trinajstić information content (AvgIpc) is 2.41. The first kappa shape index (κ1) is 17.1. The molecule has 1 aliphatic heterocycles. The highest BCUT2D eigenvalue weighted by Gasteiger charge is 2.18. The lowest BCUT2D eigenvalue weighted by atomic mass is 9.92. The summed E-state index contributed by atoms with van der Waals surface area (Å²) in [7, 11) is 0. The first-order valence-corrected chi connectivity index (χ1v) is 8.20. The standard InChI is InChI=1S/C17H25ClN2O2/c1-17(2,3)22-16(21)20-14-6-7-15(18)13(10-14)9-12-5-4-8-19-11-12/h6-7,10,12,19H,4-5,8-9,11H2,1-3H3,(H,20,21). The van der Waals surface area contributed by atoms with Crippen LogP contribution >= 0.6 is 11.6 Å². The smallest absolute Gasteiger partial charge is 0.412 e. The van der Waals surface area contributed by atoms with Gasteiger partial charge in [-0.1, -0.05) is 11.6 Å². The van der Waals surface area contributed by atoms with E-state index in [1.807, 2.05) is 32.9 Å². The number of hydrogen-bond donors (Lipinski definition) is 2. The topological polar surface area (TPSA) is 50.4 Å². The van der Waals surface area contributed by atoms with Crippen LogP contribution in [0, 0.1) is 5.92 Å². The van der Waals surface area contributed by atoms with E-state index < -0.39 is 11.7 Å². The second-order valence-corrected chi connectivity index (χ2v) is 7.26. The molecular formula is C17H25ClN2O2. The second-order valence-electron chi connectivity index (χ2n) is 6.85. The van der Waals surface area contributed by atoms with Gasteiger partial charge in [0.15, 0.2) is 0 Å². The lowest BCUT2D eigenvalue weighted by Crippen LogP contribution is -2.31. The number of benzene rings is 1. The van der Waals surface area contributed by atoms with Crippen LogP contribution in [0.1, 0.15) is 39.2 Å². The summed E-state index contributed by atoms with van der Waals surface area (Å²) in [5.41, 5.74) is 1.29. The van der Waals surface area contributed by atoms with Gasteiger partial charge in [0.05, 0.1) is 0 Å². The van der Waals surface area contributed by atoms with Crippen molar-refractivity contribution in [1.29, 1.82) is 0 Å². The predicted octanol–water partition coefficient (Wildman–Crippen LogP) is 4.23. The van der Waals surface area contributed by atoms with Gasteiger partial charge in [-0.05, 0) is 82.8 Å². The molecule has 1 heterocycles. The van der Waals surface area contributed by atoms with E-state index >= 15 is 0 Å². The maximum atomic E-state index is 11.8. The number of anilines is 1. The summed E-state index contributed by atoms with van der Waals surface area (Å²) in [6.45, 7) is 7.66. The number of carbonyl (C=O) groups excluding carboxylic acids is 1. The van der Waals surface area contributed by atoms with Crippen LogP contribution in [0.15, 0.2) is 18.2 Å². The zero-order chi connectivity index (χ0) is 16.2. The number of halogens is 1. The maximum Gasteiger partial charge on any atom is 0.412 e. The number of ether oxygens (including phenoxy) is 1. The number of piperidine rings is 1. The Bertz CT molecular complexity index is 520. The zero-order valence-corrected chi connectivity index (χ0v) is 14.3. The van der Waals surface area contributed by atoms with Gasteiger partial charge in [-0.2, -0.15) is 0 Å². The number of rotatable bonds is 3. The summed E-state index contributed by atoms with van der Waals surface area (Å²) in [5.74, 6) is 0.600. The van der Waals surface area contributed by atoms with Crippen molar-refractivity contribution in [3.05, 3.63) is 28.8 Å². The molecule has 1 amide bonds. The number of hydrogen-bond acceptors (Lipinski definition) is 3. The van der Waals surface area contributed by atoms with Gasteiger partial charge in [0.25, 0.3) is 0 Å². The summed E-state index contributed by atoms with van der Waals surface area (Å²) < 4.78 is 5.27. The Morgan fingerprint density at radius 2 is 2.23 bits per heavy atom. The fraction of sp³-hybridized carbons (Fsp3) is 0.588. The monoisotopic (exact) mass is 324 g/mol. The average molecular weight is 325 g/mol. The van der Waals surface area contributed by atoms with Gasteiger partial charge in [0.2, 0.25) is 0 Å². The molecule has 0 aliphatic carbocycles. The van der Waals surface area contributed by atoms with Crippen molar-refractivity contribution >= 4 is 23.4 Å². The third-order valence-electron chi connectivity index (χ3n) is 3.60. The summed E-state index contributed by atoms with van der Waals surface area (Å²) in [4.78, 5) is 11.8. The molecule has 5 heteroatoms. The predicted molar refractivity (Wildman–Crippen MR) is 90.6 cm³/mol. The molecule has 1 aromatic carbocycles. The molecule has 0 aromatic heterocycles. The van der Waals surface area contributed by atoms with Gasteiger partial charge < -0.3 is 10.1 Å². The van der Waals surface area contributed by atoms with Crippen LogP contribution in [0.3, 0.4) is 0 Å². The third-order valence-corrected chi connectivity index (χ3v) is 3.97. The summed E-state index contributed by atoms with van der Waals surface area (Å²) in [5, 5.41) is 6.93. The minimum Gasteiger partial charge on any atom is -0.444 e. The van der Waals surface area contributed by atoms with E-state index in [4.69, 9.17) is 16.3 Å². The molecular weight excluding hydrogens is 300 g/mol. The Morgan fingerprint density at radius 3 is 2.86 bits per heavy atom. The van der Waals surface area contributed by atoms with Crippen molar-refractivity contribution in [2.45, 2.75) is 45.6 Å². The van der Waals surface area contributed by atoms with Crippen LogP contribution in [0.5, 0.6) is 0 Å². The highest BCUT2D eigenvalue weighted by Crippen LogP contribution is 2.26. The van der Waals surface area contributed by atoms with Crippen molar-refractivity contribution in [2.75, 3.05) is 18.4 Å².